The van der Waals surface area contributed by atoms with Crippen molar-refractivity contribution in [3.05, 3.63) is 76.3 Å². The number of hydrogen-bond donors (Lipinski definition) is 1. The van der Waals surface area contributed by atoms with Crippen molar-refractivity contribution in [1.82, 2.24) is 0 Å². The van der Waals surface area contributed by atoms with E-state index in [-0.39, 0.29) is 5.91 Å². The predicted molar refractivity (Wildman–Crippen MR) is 92.7 cm³/mol. The fourth-order valence-electron chi connectivity index (χ4n) is 2.40. The molecule has 0 radical (unpaired) electrons. The van der Waals surface area contributed by atoms with Gasteiger partial charge in [-0.05, 0) is 34.5 Å². The Labute approximate surface area is 138 Å². The summed E-state index contributed by atoms with van der Waals surface area (Å²) in [5.41, 5.74) is 1.55. The third-order valence-corrected chi connectivity index (χ3v) is 3.98. The van der Waals surface area contributed by atoms with Gasteiger partial charge in [-0.15, -0.1) is 0 Å². The van der Waals surface area contributed by atoms with Gasteiger partial charge in [-0.2, -0.15) is 0 Å². The molecule has 0 heterocycles. The number of benzene rings is 3. The second kappa shape index (κ2) is 6.39. The number of anilines is 1. The lowest BCUT2D eigenvalue weighted by atomic mass is 10.0. The first kappa shape index (κ1) is 14.9. The standard InChI is InChI=1S/C18H13Cl2NO/c19-14-8-9-17(16(20)11-14)21-18(22)10-13-6-3-5-12-4-1-2-7-15(12)13/h1-9,11H,10H2,(H,21,22). The number of halogens is 2. The summed E-state index contributed by atoms with van der Waals surface area (Å²) in [6, 6.07) is 19.0. The van der Waals surface area contributed by atoms with Gasteiger partial charge in [0.15, 0.2) is 0 Å². The van der Waals surface area contributed by atoms with Gasteiger partial charge in [0.05, 0.1) is 17.1 Å². The number of nitrogens with one attached hydrogen (secondary N) is 1. The Bertz CT molecular complexity index is 840. The van der Waals surface area contributed by atoms with Crippen molar-refractivity contribution in [1.29, 1.82) is 0 Å². The first-order chi connectivity index (χ1) is 10.6. The molecule has 0 saturated heterocycles. The van der Waals surface area contributed by atoms with Crippen molar-refractivity contribution in [3.8, 4) is 0 Å². The lowest BCUT2D eigenvalue weighted by Gasteiger charge is -2.09. The zero-order valence-electron chi connectivity index (χ0n) is 11.6. The van der Waals surface area contributed by atoms with Crippen molar-refractivity contribution in [2.24, 2.45) is 0 Å². The molecule has 0 spiro atoms. The molecule has 0 bridgehead atoms. The first-order valence-electron chi connectivity index (χ1n) is 6.85. The van der Waals surface area contributed by atoms with Crippen LogP contribution in [0.3, 0.4) is 0 Å². The number of fused-ring (bicyclic) bond motifs is 1. The Hall–Kier alpha value is -2.03. The molecule has 0 aliphatic rings. The number of rotatable bonds is 3. The van der Waals surface area contributed by atoms with Crippen molar-refractivity contribution in [3.63, 3.8) is 0 Å². The molecule has 3 rings (SSSR count). The second-order valence-electron chi connectivity index (χ2n) is 4.99. The van der Waals surface area contributed by atoms with Crippen LogP contribution in [0.1, 0.15) is 5.56 Å². The minimum atomic E-state index is -0.111. The molecule has 0 fully saturated rings. The van der Waals surface area contributed by atoms with E-state index in [0.29, 0.717) is 22.2 Å². The van der Waals surface area contributed by atoms with Gasteiger partial charge in [0.25, 0.3) is 0 Å². The van der Waals surface area contributed by atoms with Gasteiger partial charge in [-0.25, -0.2) is 0 Å². The molecule has 0 atom stereocenters. The summed E-state index contributed by atoms with van der Waals surface area (Å²) in [5.74, 6) is -0.111. The zero-order chi connectivity index (χ0) is 15.5. The van der Waals surface area contributed by atoms with Gasteiger partial charge >= 0.3 is 0 Å². The highest BCUT2D eigenvalue weighted by Gasteiger charge is 2.09. The van der Waals surface area contributed by atoms with E-state index < -0.39 is 0 Å². The molecule has 4 heteroatoms. The minimum absolute atomic E-state index is 0.111. The monoisotopic (exact) mass is 329 g/mol. The average Bonchev–Trinajstić information content (AvgIpc) is 2.50. The molecule has 22 heavy (non-hydrogen) atoms. The SMILES string of the molecule is O=C(Cc1cccc2ccccc12)Nc1ccc(Cl)cc1Cl. The highest BCUT2D eigenvalue weighted by molar-refractivity contribution is 6.36. The topological polar surface area (TPSA) is 29.1 Å². The number of hydrogen-bond acceptors (Lipinski definition) is 1. The van der Waals surface area contributed by atoms with E-state index in [1.807, 2.05) is 42.5 Å². The van der Waals surface area contributed by atoms with Crippen LogP contribution in [-0.2, 0) is 11.2 Å². The van der Waals surface area contributed by atoms with Crippen LogP contribution in [0.15, 0.2) is 60.7 Å². The summed E-state index contributed by atoms with van der Waals surface area (Å²) in [4.78, 5) is 12.3. The fourth-order valence-corrected chi connectivity index (χ4v) is 2.86. The van der Waals surface area contributed by atoms with Crippen molar-refractivity contribution in [2.75, 3.05) is 5.32 Å². The molecule has 0 aliphatic carbocycles. The van der Waals surface area contributed by atoms with E-state index in [1.165, 1.54) is 0 Å². The summed E-state index contributed by atoms with van der Waals surface area (Å²) in [6.07, 6.45) is 0.292. The van der Waals surface area contributed by atoms with E-state index in [0.717, 1.165) is 16.3 Å². The average molecular weight is 330 g/mol. The Balaban J connectivity index is 1.81. The number of amides is 1. The summed E-state index contributed by atoms with van der Waals surface area (Å²) >= 11 is 11.9. The maximum atomic E-state index is 12.3. The molecule has 2 nitrogen and oxygen atoms in total. The van der Waals surface area contributed by atoms with Gasteiger partial charge in [-0.3, -0.25) is 4.79 Å². The summed E-state index contributed by atoms with van der Waals surface area (Å²) in [7, 11) is 0. The van der Waals surface area contributed by atoms with Crippen LogP contribution in [0.4, 0.5) is 5.69 Å². The Morgan fingerprint density at radius 3 is 2.55 bits per heavy atom. The van der Waals surface area contributed by atoms with Gasteiger partial charge in [0.1, 0.15) is 0 Å². The highest BCUT2D eigenvalue weighted by Crippen LogP contribution is 2.26. The summed E-state index contributed by atoms with van der Waals surface area (Å²) in [5, 5.41) is 6.00. The Morgan fingerprint density at radius 2 is 1.73 bits per heavy atom. The van der Waals surface area contributed by atoms with E-state index in [1.54, 1.807) is 18.2 Å². The van der Waals surface area contributed by atoms with E-state index in [4.69, 9.17) is 23.2 Å². The third kappa shape index (κ3) is 3.24. The quantitative estimate of drug-likeness (QED) is 0.691. The van der Waals surface area contributed by atoms with E-state index in [9.17, 15) is 4.79 Å². The smallest absolute Gasteiger partial charge is 0.228 e. The maximum absolute atomic E-state index is 12.3. The fraction of sp³-hybridized carbons (Fsp3) is 0.0556. The van der Waals surface area contributed by atoms with Crippen molar-refractivity contribution >= 4 is 45.6 Å². The van der Waals surface area contributed by atoms with Crippen LogP contribution in [0.2, 0.25) is 10.0 Å². The zero-order valence-corrected chi connectivity index (χ0v) is 13.2. The summed E-state index contributed by atoms with van der Waals surface area (Å²) < 4.78 is 0. The van der Waals surface area contributed by atoms with Crippen LogP contribution in [0.25, 0.3) is 10.8 Å². The lowest BCUT2D eigenvalue weighted by molar-refractivity contribution is -0.115. The molecule has 3 aromatic carbocycles. The largest absolute Gasteiger partial charge is 0.324 e. The van der Waals surface area contributed by atoms with Gasteiger partial charge in [0, 0.05) is 5.02 Å². The molecule has 110 valence electrons. The lowest BCUT2D eigenvalue weighted by Crippen LogP contribution is -2.14. The van der Waals surface area contributed by atoms with Crippen molar-refractivity contribution in [2.45, 2.75) is 6.42 Å². The van der Waals surface area contributed by atoms with E-state index >= 15 is 0 Å². The summed E-state index contributed by atoms with van der Waals surface area (Å²) in [6.45, 7) is 0. The molecular formula is C18H13Cl2NO. The van der Waals surface area contributed by atoms with Crippen molar-refractivity contribution < 1.29 is 4.79 Å². The van der Waals surface area contributed by atoms with Crippen LogP contribution in [0.5, 0.6) is 0 Å². The molecule has 0 aliphatic heterocycles. The molecular weight excluding hydrogens is 317 g/mol. The second-order valence-corrected chi connectivity index (χ2v) is 5.83. The highest BCUT2D eigenvalue weighted by atomic mass is 35.5. The predicted octanol–water partition coefficient (Wildman–Crippen LogP) is 5.33. The third-order valence-electron chi connectivity index (χ3n) is 3.44. The van der Waals surface area contributed by atoms with Crippen LogP contribution < -0.4 is 5.32 Å². The molecule has 3 aromatic rings. The molecule has 0 aromatic heterocycles. The van der Waals surface area contributed by atoms with Gasteiger partial charge in [-0.1, -0.05) is 65.7 Å². The van der Waals surface area contributed by atoms with Crippen LogP contribution >= 0.6 is 23.2 Å². The molecule has 1 amide bonds. The number of carbonyl (C=O) groups excluding carboxylic acids is 1. The Kier molecular flexibility index (Phi) is 4.32. The van der Waals surface area contributed by atoms with Crippen LogP contribution in [0, 0.1) is 0 Å². The maximum Gasteiger partial charge on any atom is 0.228 e. The molecule has 0 saturated carbocycles. The van der Waals surface area contributed by atoms with Gasteiger partial charge < -0.3 is 5.32 Å². The minimum Gasteiger partial charge on any atom is -0.324 e. The molecule has 1 N–H and O–H groups in total. The number of carbonyl (C=O) groups is 1. The Morgan fingerprint density at radius 1 is 0.955 bits per heavy atom. The normalized spacial score (nSPS) is 10.6. The first-order valence-corrected chi connectivity index (χ1v) is 7.60. The van der Waals surface area contributed by atoms with E-state index in [2.05, 4.69) is 5.32 Å². The van der Waals surface area contributed by atoms with Gasteiger partial charge in [0.2, 0.25) is 5.91 Å². The molecule has 0 unspecified atom stereocenters. The van der Waals surface area contributed by atoms with Crippen LogP contribution in [-0.4, -0.2) is 5.91 Å².